The summed E-state index contributed by atoms with van der Waals surface area (Å²) in [7, 11) is -2.20. The number of carbonyl (C=O) groups is 3. The van der Waals surface area contributed by atoms with Crippen LogP contribution in [-0.4, -0.2) is 111 Å². The van der Waals surface area contributed by atoms with Gasteiger partial charge in [-0.1, -0.05) is 43.7 Å². The maximum Gasteiger partial charge on any atom is 0.409 e. The van der Waals surface area contributed by atoms with Crippen molar-refractivity contribution in [3.8, 4) is 17.0 Å². The summed E-state index contributed by atoms with van der Waals surface area (Å²) in [5.41, 5.74) is 1.26. The van der Waals surface area contributed by atoms with E-state index < -0.39 is 31.5 Å². The Balaban J connectivity index is 1.85. The van der Waals surface area contributed by atoms with E-state index in [2.05, 4.69) is 10.3 Å². The van der Waals surface area contributed by atoms with Crippen LogP contribution in [0.25, 0.3) is 11.3 Å². The molecule has 2 aromatic rings. The van der Waals surface area contributed by atoms with E-state index in [9.17, 15) is 18.9 Å². The Hall–Kier alpha value is -3.51. The Kier molecular flexibility index (Phi) is 14.8. The van der Waals surface area contributed by atoms with E-state index in [1.165, 1.54) is 11.0 Å². The van der Waals surface area contributed by atoms with Gasteiger partial charge in [-0.25, -0.2) is 9.78 Å². The molecular formula is C31H45N4O9P. The van der Waals surface area contributed by atoms with E-state index in [-0.39, 0.29) is 57.9 Å². The molecule has 13 nitrogen and oxygen atoms in total. The molecule has 1 N–H and O–H groups in total. The second-order valence-corrected chi connectivity index (χ2v) is 12.3. The summed E-state index contributed by atoms with van der Waals surface area (Å²) < 4.78 is 40.7. The smallest absolute Gasteiger partial charge is 0.409 e. The van der Waals surface area contributed by atoms with Crippen molar-refractivity contribution in [2.75, 3.05) is 72.5 Å². The predicted molar refractivity (Wildman–Crippen MR) is 168 cm³/mol. The third-order valence-electron chi connectivity index (χ3n) is 6.89. The summed E-state index contributed by atoms with van der Waals surface area (Å²) >= 11 is 0. The number of rotatable bonds is 17. The summed E-state index contributed by atoms with van der Waals surface area (Å²) in [5, 5.41) is 2.73. The maximum atomic E-state index is 13.9. The number of hydrogen-bond acceptors (Lipinski definition) is 10. The van der Waals surface area contributed by atoms with Gasteiger partial charge in [0.05, 0.1) is 38.3 Å². The molecule has 0 saturated carbocycles. The van der Waals surface area contributed by atoms with Crippen LogP contribution in [0.4, 0.5) is 4.79 Å². The molecule has 2 heterocycles. The summed E-state index contributed by atoms with van der Waals surface area (Å²) in [6, 6.07) is 11.2. The quantitative estimate of drug-likeness (QED) is 0.195. The molecular weight excluding hydrogens is 603 g/mol. The molecule has 0 bridgehead atoms. The van der Waals surface area contributed by atoms with Crippen LogP contribution in [-0.2, 0) is 27.9 Å². The van der Waals surface area contributed by atoms with Crippen molar-refractivity contribution in [1.29, 1.82) is 0 Å². The molecule has 1 atom stereocenters. The van der Waals surface area contributed by atoms with E-state index in [1.54, 1.807) is 31.9 Å². The molecule has 1 fully saturated rings. The van der Waals surface area contributed by atoms with Gasteiger partial charge >= 0.3 is 13.7 Å². The summed E-state index contributed by atoms with van der Waals surface area (Å²) in [5.74, 6) is -0.747. The first-order chi connectivity index (χ1) is 21.7. The van der Waals surface area contributed by atoms with Gasteiger partial charge in [-0.05, 0) is 20.3 Å². The van der Waals surface area contributed by atoms with Gasteiger partial charge in [0.25, 0.3) is 5.91 Å². The molecule has 1 unspecified atom stereocenters. The third kappa shape index (κ3) is 11.1. The number of methoxy groups -OCH3 is 1. The number of pyridine rings is 1. The lowest BCUT2D eigenvalue weighted by Gasteiger charge is -2.36. The zero-order valence-electron chi connectivity index (χ0n) is 26.6. The Labute approximate surface area is 265 Å². The van der Waals surface area contributed by atoms with Crippen LogP contribution in [0.1, 0.15) is 44.1 Å². The van der Waals surface area contributed by atoms with Crippen LogP contribution >= 0.6 is 7.60 Å². The summed E-state index contributed by atoms with van der Waals surface area (Å²) in [6.45, 7) is 7.40. The number of ether oxygens (including phenoxy) is 3. The monoisotopic (exact) mass is 648 g/mol. The molecule has 0 radical (unpaired) electrons. The van der Waals surface area contributed by atoms with Crippen LogP contribution in [0.3, 0.4) is 0 Å². The molecule has 248 valence electrons. The standard InChI is InChI=1S/C31H45N4O9P/c1-5-8-18-42-31(38)35-16-14-34(15-17-35)30(37)28(23-45(39,43-6-2)44-7-3)33-29(36)27-22-25(41-20-19-40-4)21-26(32-27)24-12-10-9-11-13-24/h9-13,21-22,28H,5-8,14-20,23H2,1-4H3,(H,33,36). The van der Waals surface area contributed by atoms with Crippen LogP contribution < -0.4 is 10.1 Å². The van der Waals surface area contributed by atoms with Crippen LogP contribution in [0, 0.1) is 0 Å². The maximum absolute atomic E-state index is 13.9. The van der Waals surface area contributed by atoms with Gasteiger partial charge in [-0.3, -0.25) is 14.2 Å². The molecule has 3 rings (SSSR count). The number of unbranched alkanes of at least 4 members (excludes halogenated alkanes) is 1. The van der Waals surface area contributed by atoms with E-state index >= 15 is 0 Å². The fourth-order valence-electron chi connectivity index (χ4n) is 4.61. The summed E-state index contributed by atoms with van der Waals surface area (Å²) in [6.07, 6.45) is 0.874. The van der Waals surface area contributed by atoms with E-state index in [4.69, 9.17) is 23.3 Å². The average molecular weight is 649 g/mol. The van der Waals surface area contributed by atoms with Crippen molar-refractivity contribution < 1.29 is 42.2 Å². The largest absolute Gasteiger partial charge is 0.491 e. The van der Waals surface area contributed by atoms with E-state index in [0.717, 1.165) is 18.4 Å². The zero-order chi connectivity index (χ0) is 32.7. The van der Waals surface area contributed by atoms with Gasteiger partial charge < -0.3 is 38.4 Å². The number of hydrogen-bond donors (Lipinski definition) is 1. The Morgan fingerprint density at radius 2 is 1.60 bits per heavy atom. The minimum atomic E-state index is -3.76. The zero-order valence-corrected chi connectivity index (χ0v) is 27.5. The van der Waals surface area contributed by atoms with Crippen LogP contribution in [0.2, 0.25) is 0 Å². The fraction of sp³-hybridized carbons (Fsp3) is 0.548. The van der Waals surface area contributed by atoms with Crippen molar-refractivity contribution in [2.45, 2.75) is 39.7 Å². The number of nitrogens with one attached hydrogen (secondary N) is 1. The van der Waals surface area contributed by atoms with E-state index in [1.807, 2.05) is 37.3 Å². The van der Waals surface area contributed by atoms with Gasteiger partial charge in [0.2, 0.25) is 5.91 Å². The molecule has 1 saturated heterocycles. The lowest BCUT2D eigenvalue weighted by molar-refractivity contribution is -0.134. The van der Waals surface area contributed by atoms with E-state index in [0.29, 0.717) is 24.7 Å². The Morgan fingerprint density at radius 3 is 2.22 bits per heavy atom. The minimum Gasteiger partial charge on any atom is -0.491 e. The number of amides is 3. The molecule has 3 amide bonds. The number of piperazine rings is 1. The molecule has 14 heteroatoms. The number of carbonyl (C=O) groups excluding carboxylic acids is 3. The molecule has 0 aliphatic carbocycles. The molecule has 1 aliphatic rings. The van der Waals surface area contributed by atoms with Crippen LogP contribution in [0.15, 0.2) is 42.5 Å². The second kappa shape index (κ2) is 18.5. The van der Waals surface area contributed by atoms with Gasteiger partial charge in [0.15, 0.2) is 0 Å². The average Bonchev–Trinajstić information content (AvgIpc) is 3.05. The third-order valence-corrected chi connectivity index (χ3v) is 9.01. The topological polar surface area (TPSA) is 146 Å². The normalized spacial score (nSPS) is 14.1. The first kappa shape index (κ1) is 36.0. The highest BCUT2D eigenvalue weighted by Gasteiger charge is 2.37. The van der Waals surface area contributed by atoms with Crippen molar-refractivity contribution >= 4 is 25.5 Å². The van der Waals surface area contributed by atoms with Gasteiger partial charge in [0, 0.05) is 51.0 Å². The van der Waals surface area contributed by atoms with Crippen molar-refractivity contribution in [3.05, 3.63) is 48.2 Å². The lowest BCUT2D eigenvalue weighted by Crippen LogP contribution is -2.57. The van der Waals surface area contributed by atoms with Crippen molar-refractivity contribution in [3.63, 3.8) is 0 Å². The molecule has 0 spiro atoms. The SMILES string of the molecule is CCCCOC(=O)N1CCN(C(=O)C(CP(=O)(OCC)OCC)NC(=O)c2cc(OCCOC)cc(-c3ccccc3)n2)CC1. The minimum absolute atomic E-state index is 0.00358. The van der Waals surface area contributed by atoms with Crippen LogP contribution in [0.5, 0.6) is 5.75 Å². The van der Waals surface area contributed by atoms with Gasteiger partial charge in [0.1, 0.15) is 24.1 Å². The summed E-state index contributed by atoms with van der Waals surface area (Å²) in [4.78, 5) is 47.6. The molecule has 1 aromatic carbocycles. The number of aromatic nitrogens is 1. The molecule has 45 heavy (non-hydrogen) atoms. The fourth-order valence-corrected chi connectivity index (χ4v) is 6.37. The highest BCUT2D eigenvalue weighted by Crippen LogP contribution is 2.48. The van der Waals surface area contributed by atoms with Gasteiger partial charge in [-0.15, -0.1) is 0 Å². The highest BCUT2D eigenvalue weighted by molar-refractivity contribution is 7.54. The lowest BCUT2D eigenvalue weighted by atomic mass is 10.1. The van der Waals surface area contributed by atoms with Gasteiger partial charge in [-0.2, -0.15) is 0 Å². The first-order valence-corrected chi connectivity index (χ1v) is 17.0. The number of benzene rings is 1. The molecule has 1 aliphatic heterocycles. The highest BCUT2D eigenvalue weighted by atomic mass is 31.2. The van der Waals surface area contributed by atoms with Crippen molar-refractivity contribution in [1.82, 2.24) is 20.1 Å². The Bertz CT molecular complexity index is 1280. The molecule has 1 aromatic heterocycles. The first-order valence-electron chi connectivity index (χ1n) is 15.3. The van der Waals surface area contributed by atoms with Crippen molar-refractivity contribution in [2.24, 2.45) is 0 Å². The Morgan fingerprint density at radius 1 is 0.933 bits per heavy atom. The number of nitrogens with zero attached hydrogens (tertiary/aromatic N) is 3. The second-order valence-electron chi connectivity index (χ2n) is 10.2. The predicted octanol–water partition coefficient (Wildman–Crippen LogP) is 4.22.